The van der Waals surface area contributed by atoms with E-state index >= 15 is 0 Å². The molecule has 0 saturated heterocycles. The van der Waals surface area contributed by atoms with Crippen molar-refractivity contribution in [2.24, 2.45) is 17.8 Å². The van der Waals surface area contributed by atoms with Crippen LogP contribution in [0.15, 0.2) is 0 Å². The molecule has 1 fully saturated rings. The number of rotatable bonds is 0. The zero-order chi connectivity index (χ0) is 7.02. The fourth-order valence-electron chi connectivity index (χ4n) is 1.63. The topological polar surface area (TPSA) is 0 Å². The Morgan fingerprint density at radius 3 is 1.78 bits per heavy atom. The summed E-state index contributed by atoms with van der Waals surface area (Å²) in [4.78, 5) is 0. The SMILES string of the molecule is CC1CC(I)C(C)C1C. The van der Waals surface area contributed by atoms with Crippen LogP contribution in [0.2, 0.25) is 0 Å². The summed E-state index contributed by atoms with van der Waals surface area (Å²) in [5, 5.41) is 0. The van der Waals surface area contributed by atoms with Gasteiger partial charge in [0.1, 0.15) is 0 Å². The number of hydrogen-bond acceptors (Lipinski definition) is 0. The van der Waals surface area contributed by atoms with E-state index in [1.165, 1.54) is 6.42 Å². The lowest BCUT2D eigenvalue weighted by atomic mass is 9.94. The van der Waals surface area contributed by atoms with Crippen molar-refractivity contribution in [2.45, 2.75) is 31.1 Å². The van der Waals surface area contributed by atoms with Gasteiger partial charge in [0.15, 0.2) is 0 Å². The van der Waals surface area contributed by atoms with E-state index < -0.39 is 0 Å². The first-order valence-electron chi connectivity index (χ1n) is 3.77. The van der Waals surface area contributed by atoms with Gasteiger partial charge in [-0.2, -0.15) is 0 Å². The molecule has 0 nitrogen and oxygen atoms in total. The monoisotopic (exact) mass is 238 g/mol. The van der Waals surface area contributed by atoms with Gasteiger partial charge < -0.3 is 0 Å². The summed E-state index contributed by atoms with van der Waals surface area (Å²) in [6.07, 6.45) is 1.43. The van der Waals surface area contributed by atoms with E-state index in [9.17, 15) is 0 Å². The molecule has 0 radical (unpaired) electrons. The van der Waals surface area contributed by atoms with Crippen molar-refractivity contribution in [1.29, 1.82) is 0 Å². The van der Waals surface area contributed by atoms with Crippen molar-refractivity contribution in [3.05, 3.63) is 0 Å². The van der Waals surface area contributed by atoms with Crippen LogP contribution in [0.3, 0.4) is 0 Å². The Kier molecular flexibility index (Phi) is 2.41. The minimum absolute atomic E-state index is 0.938. The van der Waals surface area contributed by atoms with Crippen molar-refractivity contribution in [3.63, 3.8) is 0 Å². The molecule has 0 heterocycles. The molecule has 0 aromatic rings. The normalized spacial score (nSPS) is 52.0. The highest BCUT2D eigenvalue weighted by atomic mass is 127. The molecule has 1 saturated carbocycles. The van der Waals surface area contributed by atoms with Crippen LogP contribution in [0.25, 0.3) is 0 Å². The third-order valence-corrected chi connectivity index (χ3v) is 4.54. The van der Waals surface area contributed by atoms with E-state index in [1.54, 1.807) is 0 Å². The average molecular weight is 238 g/mol. The van der Waals surface area contributed by atoms with Gasteiger partial charge in [0, 0.05) is 3.92 Å². The maximum Gasteiger partial charge on any atom is 0.0140 e. The Bertz CT molecular complexity index is 88.7. The van der Waals surface area contributed by atoms with Crippen LogP contribution in [0, 0.1) is 17.8 Å². The van der Waals surface area contributed by atoms with Crippen LogP contribution in [0.1, 0.15) is 27.2 Å². The van der Waals surface area contributed by atoms with Gasteiger partial charge >= 0.3 is 0 Å². The van der Waals surface area contributed by atoms with Crippen LogP contribution >= 0.6 is 22.6 Å². The maximum atomic E-state index is 2.59. The van der Waals surface area contributed by atoms with E-state index in [0.717, 1.165) is 21.7 Å². The Morgan fingerprint density at radius 2 is 1.67 bits per heavy atom. The van der Waals surface area contributed by atoms with Gasteiger partial charge in [-0.25, -0.2) is 0 Å². The minimum Gasteiger partial charge on any atom is -0.0823 e. The fraction of sp³-hybridized carbons (Fsp3) is 1.00. The van der Waals surface area contributed by atoms with E-state index in [0.29, 0.717) is 0 Å². The van der Waals surface area contributed by atoms with Crippen molar-refractivity contribution in [3.8, 4) is 0 Å². The fourth-order valence-corrected chi connectivity index (χ4v) is 3.09. The van der Waals surface area contributed by atoms with Crippen molar-refractivity contribution in [1.82, 2.24) is 0 Å². The second-order valence-electron chi connectivity index (χ2n) is 3.45. The molecule has 1 heteroatoms. The standard InChI is InChI=1S/C8H15I/c1-5-4-8(9)7(3)6(5)2/h5-8H,4H2,1-3H3. The number of hydrogen-bond donors (Lipinski definition) is 0. The maximum absolute atomic E-state index is 2.59. The van der Waals surface area contributed by atoms with E-state index in [2.05, 4.69) is 43.4 Å². The van der Waals surface area contributed by atoms with Gasteiger partial charge in [0.05, 0.1) is 0 Å². The molecule has 0 bridgehead atoms. The molecule has 0 spiro atoms. The lowest BCUT2D eigenvalue weighted by molar-refractivity contribution is 0.383. The Hall–Kier alpha value is 0.730. The summed E-state index contributed by atoms with van der Waals surface area (Å²) in [5.74, 6) is 2.86. The summed E-state index contributed by atoms with van der Waals surface area (Å²) in [6.45, 7) is 7.14. The predicted octanol–water partition coefficient (Wildman–Crippen LogP) is 3.10. The van der Waals surface area contributed by atoms with Gasteiger partial charge in [0.25, 0.3) is 0 Å². The average Bonchev–Trinajstić information content (AvgIpc) is 1.98. The highest BCUT2D eigenvalue weighted by Gasteiger charge is 2.33. The first-order valence-corrected chi connectivity index (χ1v) is 5.01. The summed E-state index contributed by atoms with van der Waals surface area (Å²) in [5.41, 5.74) is 0. The Balaban J connectivity index is 2.54. The van der Waals surface area contributed by atoms with Crippen LogP contribution in [-0.4, -0.2) is 3.92 Å². The number of alkyl halides is 1. The molecule has 0 amide bonds. The van der Waals surface area contributed by atoms with Crippen LogP contribution in [-0.2, 0) is 0 Å². The molecular formula is C8H15I. The van der Waals surface area contributed by atoms with E-state index in [4.69, 9.17) is 0 Å². The lowest BCUT2D eigenvalue weighted by Crippen LogP contribution is -2.08. The molecule has 1 aliphatic carbocycles. The van der Waals surface area contributed by atoms with Crippen molar-refractivity contribution < 1.29 is 0 Å². The van der Waals surface area contributed by atoms with Crippen molar-refractivity contribution in [2.75, 3.05) is 0 Å². The van der Waals surface area contributed by atoms with Gasteiger partial charge in [-0.05, 0) is 24.2 Å². The Morgan fingerprint density at radius 1 is 1.11 bits per heavy atom. The predicted molar refractivity (Wildman–Crippen MR) is 49.9 cm³/mol. The molecule has 1 aliphatic rings. The molecule has 0 aliphatic heterocycles. The quantitative estimate of drug-likeness (QED) is 0.449. The summed E-state index contributed by atoms with van der Waals surface area (Å²) < 4.78 is 0.938. The molecule has 54 valence electrons. The molecule has 1 rings (SSSR count). The second-order valence-corrected chi connectivity index (χ2v) is 5.05. The summed E-state index contributed by atoms with van der Waals surface area (Å²) in [7, 11) is 0. The third-order valence-electron chi connectivity index (χ3n) is 2.89. The third kappa shape index (κ3) is 1.41. The van der Waals surface area contributed by atoms with Gasteiger partial charge in [-0.15, -0.1) is 0 Å². The smallest absolute Gasteiger partial charge is 0.0140 e. The van der Waals surface area contributed by atoms with E-state index in [-0.39, 0.29) is 0 Å². The Labute approximate surface area is 71.5 Å². The van der Waals surface area contributed by atoms with Crippen LogP contribution in [0.5, 0.6) is 0 Å². The molecule has 0 aromatic heterocycles. The van der Waals surface area contributed by atoms with E-state index in [1.807, 2.05) is 0 Å². The molecule has 4 atom stereocenters. The summed E-state index contributed by atoms with van der Waals surface area (Å²) in [6, 6.07) is 0. The zero-order valence-corrected chi connectivity index (χ0v) is 8.55. The van der Waals surface area contributed by atoms with Gasteiger partial charge in [-0.3, -0.25) is 0 Å². The highest BCUT2D eigenvalue weighted by Crippen LogP contribution is 2.40. The van der Waals surface area contributed by atoms with Gasteiger partial charge in [-0.1, -0.05) is 43.4 Å². The molecule has 4 unspecified atom stereocenters. The first-order chi connectivity index (χ1) is 4.13. The van der Waals surface area contributed by atoms with Crippen LogP contribution < -0.4 is 0 Å². The molecule has 9 heavy (non-hydrogen) atoms. The van der Waals surface area contributed by atoms with Gasteiger partial charge in [0.2, 0.25) is 0 Å². The largest absolute Gasteiger partial charge is 0.0823 e. The summed E-state index contributed by atoms with van der Waals surface area (Å²) >= 11 is 2.59. The first kappa shape index (κ1) is 7.83. The van der Waals surface area contributed by atoms with Crippen molar-refractivity contribution >= 4 is 22.6 Å². The second kappa shape index (κ2) is 2.77. The van der Waals surface area contributed by atoms with Crippen LogP contribution in [0.4, 0.5) is 0 Å². The highest BCUT2D eigenvalue weighted by molar-refractivity contribution is 14.1. The zero-order valence-electron chi connectivity index (χ0n) is 6.39. The molecule has 0 N–H and O–H groups in total. The lowest BCUT2D eigenvalue weighted by Gasteiger charge is -2.13. The molecular weight excluding hydrogens is 223 g/mol. The minimum atomic E-state index is 0.938. The molecule has 0 aromatic carbocycles. The number of halogens is 1.